The van der Waals surface area contributed by atoms with Crippen LogP contribution in [0.5, 0.6) is 5.75 Å². The molecular weight excluding hydrogens is 171 g/mol. The molecule has 0 radical (unpaired) electrons. The minimum absolute atomic E-state index is 0.343. The lowest BCUT2D eigenvalue weighted by Gasteiger charge is -2.06. The van der Waals surface area contributed by atoms with Gasteiger partial charge in [0.15, 0.2) is 5.75 Å². The predicted molar refractivity (Wildman–Crippen MR) is 37.4 cm³/mol. The molecule has 0 amide bonds. The van der Waals surface area contributed by atoms with Gasteiger partial charge in [-0.25, -0.2) is 4.39 Å². The number of anilines is 1. The van der Waals surface area contributed by atoms with E-state index in [1.165, 1.54) is 12.1 Å². The highest BCUT2D eigenvalue weighted by Gasteiger charge is 2.09. The first-order chi connectivity index (χ1) is 5.61. The van der Waals surface area contributed by atoms with E-state index in [1.54, 1.807) is 0 Å². The molecule has 66 valence electrons. The summed E-state index contributed by atoms with van der Waals surface area (Å²) in [5, 5.41) is 0. The molecule has 0 spiro atoms. The molecule has 1 aromatic carbocycles. The lowest BCUT2D eigenvalue weighted by molar-refractivity contribution is -0.0494. The average Bonchev–Trinajstić information content (AvgIpc) is 1.98. The van der Waals surface area contributed by atoms with Gasteiger partial charge < -0.3 is 10.5 Å². The van der Waals surface area contributed by atoms with E-state index in [-0.39, 0.29) is 5.75 Å². The van der Waals surface area contributed by atoms with Gasteiger partial charge in [-0.2, -0.15) is 8.78 Å². The molecule has 0 aromatic heterocycles. The lowest BCUT2D eigenvalue weighted by atomic mass is 10.3. The van der Waals surface area contributed by atoms with Crippen LogP contribution in [-0.4, -0.2) is 6.61 Å². The standard InChI is InChI=1S/C7H6F3NO/c8-4-2-1-3-5(6(4)11)12-7(9)10/h1-3,7H,11H2. The van der Waals surface area contributed by atoms with Gasteiger partial charge in [-0.15, -0.1) is 0 Å². The number of hydrogen-bond acceptors (Lipinski definition) is 2. The first kappa shape index (κ1) is 8.70. The van der Waals surface area contributed by atoms with E-state index in [0.29, 0.717) is 0 Å². The summed E-state index contributed by atoms with van der Waals surface area (Å²) in [6.07, 6.45) is 0. The number of benzene rings is 1. The summed E-state index contributed by atoms with van der Waals surface area (Å²) >= 11 is 0. The molecule has 0 saturated carbocycles. The van der Waals surface area contributed by atoms with Gasteiger partial charge in [-0.3, -0.25) is 0 Å². The van der Waals surface area contributed by atoms with Gasteiger partial charge >= 0.3 is 6.61 Å². The monoisotopic (exact) mass is 177 g/mol. The molecular formula is C7H6F3NO. The van der Waals surface area contributed by atoms with Crippen LogP contribution < -0.4 is 10.5 Å². The molecule has 2 nitrogen and oxygen atoms in total. The Labute approximate surface area is 66.7 Å². The number of nitrogen functional groups attached to an aromatic ring is 1. The Morgan fingerprint density at radius 3 is 2.58 bits per heavy atom. The van der Waals surface area contributed by atoms with Crippen LogP contribution in [0.25, 0.3) is 0 Å². The zero-order chi connectivity index (χ0) is 9.14. The van der Waals surface area contributed by atoms with Gasteiger partial charge in [0.25, 0.3) is 0 Å². The van der Waals surface area contributed by atoms with Crippen LogP contribution in [0.2, 0.25) is 0 Å². The van der Waals surface area contributed by atoms with Gasteiger partial charge in [-0.05, 0) is 12.1 Å². The van der Waals surface area contributed by atoms with E-state index in [1.807, 2.05) is 0 Å². The second kappa shape index (κ2) is 3.34. The van der Waals surface area contributed by atoms with E-state index in [2.05, 4.69) is 4.74 Å². The number of hydrogen-bond donors (Lipinski definition) is 1. The van der Waals surface area contributed by atoms with Gasteiger partial charge in [0.2, 0.25) is 0 Å². The molecule has 0 aliphatic carbocycles. The summed E-state index contributed by atoms with van der Waals surface area (Å²) in [4.78, 5) is 0. The van der Waals surface area contributed by atoms with Crippen molar-refractivity contribution in [3.05, 3.63) is 24.0 Å². The fraction of sp³-hybridized carbons (Fsp3) is 0.143. The van der Waals surface area contributed by atoms with Crippen molar-refractivity contribution in [2.45, 2.75) is 6.61 Å². The van der Waals surface area contributed by atoms with Crippen molar-refractivity contribution in [1.29, 1.82) is 0 Å². The normalized spacial score (nSPS) is 10.3. The van der Waals surface area contributed by atoms with Crippen LogP contribution in [0.15, 0.2) is 18.2 Å². The number of alkyl halides is 2. The summed E-state index contributed by atoms with van der Waals surface area (Å²) < 4.78 is 39.8. The smallest absolute Gasteiger partial charge is 0.387 e. The summed E-state index contributed by atoms with van der Waals surface area (Å²) in [6.45, 7) is -2.99. The van der Waals surface area contributed by atoms with Gasteiger partial charge in [-0.1, -0.05) is 6.07 Å². The maximum absolute atomic E-state index is 12.6. The number of nitrogens with two attached hydrogens (primary N) is 1. The van der Waals surface area contributed by atoms with Crippen molar-refractivity contribution in [3.8, 4) is 5.75 Å². The van der Waals surface area contributed by atoms with Crippen molar-refractivity contribution >= 4 is 5.69 Å². The molecule has 0 atom stereocenters. The van der Waals surface area contributed by atoms with E-state index in [4.69, 9.17) is 5.73 Å². The third-order valence-electron chi connectivity index (χ3n) is 1.23. The van der Waals surface area contributed by atoms with E-state index in [0.717, 1.165) is 6.07 Å². The topological polar surface area (TPSA) is 35.2 Å². The lowest BCUT2D eigenvalue weighted by Crippen LogP contribution is -2.05. The third-order valence-corrected chi connectivity index (χ3v) is 1.23. The van der Waals surface area contributed by atoms with E-state index in [9.17, 15) is 13.2 Å². The second-order valence-corrected chi connectivity index (χ2v) is 2.03. The Morgan fingerprint density at radius 1 is 1.33 bits per heavy atom. The molecule has 0 heterocycles. The van der Waals surface area contributed by atoms with Crippen LogP contribution >= 0.6 is 0 Å². The Bertz CT molecular complexity index is 277. The first-order valence-corrected chi connectivity index (χ1v) is 3.10. The highest BCUT2D eigenvalue weighted by atomic mass is 19.3. The van der Waals surface area contributed by atoms with Crippen LogP contribution in [0.4, 0.5) is 18.9 Å². The van der Waals surface area contributed by atoms with E-state index >= 15 is 0 Å². The summed E-state index contributed by atoms with van der Waals surface area (Å²) in [6, 6.07) is 3.47. The van der Waals surface area contributed by atoms with Crippen LogP contribution in [0.3, 0.4) is 0 Å². The maximum Gasteiger partial charge on any atom is 0.387 e. The quantitative estimate of drug-likeness (QED) is 0.701. The average molecular weight is 177 g/mol. The molecule has 0 aliphatic rings. The van der Waals surface area contributed by atoms with Crippen molar-refractivity contribution in [1.82, 2.24) is 0 Å². The van der Waals surface area contributed by atoms with Crippen LogP contribution in [0.1, 0.15) is 0 Å². The third kappa shape index (κ3) is 1.81. The fourth-order valence-corrected chi connectivity index (χ4v) is 0.716. The highest BCUT2D eigenvalue weighted by Crippen LogP contribution is 2.24. The molecule has 0 fully saturated rings. The Balaban J connectivity index is 2.92. The summed E-state index contributed by atoms with van der Waals surface area (Å²) in [5.41, 5.74) is 4.69. The van der Waals surface area contributed by atoms with Gasteiger partial charge in [0.1, 0.15) is 11.5 Å². The van der Waals surface area contributed by atoms with Crippen molar-refractivity contribution in [2.24, 2.45) is 0 Å². The Morgan fingerprint density at radius 2 is 2.00 bits per heavy atom. The molecule has 0 bridgehead atoms. The predicted octanol–water partition coefficient (Wildman–Crippen LogP) is 2.01. The molecule has 5 heteroatoms. The minimum Gasteiger partial charge on any atom is -0.433 e. The van der Waals surface area contributed by atoms with Crippen LogP contribution in [0, 0.1) is 5.82 Å². The molecule has 2 N–H and O–H groups in total. The highest BCUT2D eigenvalue weighted by molar-refractivity contribution is 5.53. The molecule has 0 unspecified atom stereocenters. The number of rotatable bonds is 2. The zero-order valence-electron chi connectivity index (χ0n) is 5.93. The van der Waals surface area contributed by atoms with Crippen molar-refractivity contribution in [2.75, 3.05) is 5.73 Å². The summed E-state index contributed by atoms with van der Waals surface area (Å²) in [5.74, 6) is -1.11. The SMILES string of the molecule is Nc1c(F)cccc1OC(F)F. The number of ether oxygens (including phenoxy) is 1. The minimum atomic E-state index is -2.99. The molecule has 0 saturated heterocycles. The number of para-hydroxylation sites is 1. The van der Waals surface area contributed by atoms with Crippen molar-refractivity contribution in [3.63, 3.8) is 0 Å². The summed E-state index contributed by atoms with van der Waals surface area (Å²) in [7, 11) is 0. The van der Waals surface area contributed by atoms with Gasteiger partial charge in [0.05, 0.1) is 0 Å². The van der Waals surface area contributed by atoms with Crippen molar-refractivity contribution < 1.29 is 17.9 Å². The first-order valence-electron chi connectivity index (χ1n) is 3.10. The molecule has 1 aromatic rings. The molecule has 1 rings (SSSR count). The zero-order valence-corrected chi connectivity index (χ0v) is 5.93. The van der Waals surface area contributed by atoms with Gasteiger partial charge in [0, 0.05) is 0 Å². The second-order valence-electron chi connectivity index (χ2n) is 2.03. The largest absolute Gasteiger partial charge is 0.433 e. The van der Waals surface area contributed by atoms with Crippen LogP contribution in [-0.2, 0) is 0 Å². The molecule has 12 heavy (non-hydrogen) atoms. The molecule has 0 aliphatic heterocycles. The number of halogens is 3. The maximum atomic E-state index is 12.6. The Kier molecular flexibility index (Phi) is 2.42. The van der Waals surface area contributed by atoms with E-state index < -0.39 is 18.1 Å². The Hall–Kier alpha value is -1.39. The fourth-order valence-electron chi connectivity index (χ4n) is 0.716.